The summed E-state index contributed by atoms with van der Waals surface area (Å²) in [5.74, 6) is -0.166. The number of hydrogen-bond donors (Lipinski definition) is 0. The summed E-state index contributed by atoms with van der Waals surface area (Å²) in [7, 11) is 0. The van der Waals surface area contributed by atoms with Crippen molar-refractivity contribution in [2.75, 3.05) is 37.7 Å². The number of nitrogens with zero attached hydrogens (tertiary/aromatic N) is 3. The highest BCUT2D eigenvalue weighted by molar-refractivity contribution is 7.15. The van der Waals surface area contributed by atoms with Crippen molar-refractivity contribution in [1.29, 1.82) is 0 Å². The molecule has 1 unspecified atom stereocenters. The SMILES string of the molecule is Fc1ccc(C2CCCN2Cc2cnc(N3CCOCC3)s2)cc1. The van der Waals surface area contributed by atoms with Crippen LogP contribution in [0.1, 0.15) is 29.3 Å². The molecule has 6 heteroatoms. The lowest BCUT2D eigenvalue weighted by molar-refractivity contribution is 0.122. The molecule has 0 spiro atoms. The molecule has 3 heterocycles. The van der Waals surface area contributed by atoms with Gasteiger partial charge in [0, 0.05) is 36.8 Å². The van der Waals surface area contributed by atoms with Crippen LogP contribution < -0.4 is 4.90 Å². The van der Waals surface area contributed by atoms with Gasteiger partial charge in [0.25, 0.3) is 0 Å². The van der Waals surface area contributed by atoms with Crippen molar-refractivity contribution in [2.45, 2.75) is 25.4 Å². The van der Waals surface area contributed by atoms with Crippen LogP contribution in [0.2, 0.25) is 0 Å². The smallest absolute Gasteiger partial charge is 0.185 e. The fourth-order valence-electron chi connectivity index (χ4n) is 3.55. The number of ether oxygens (including phenoxy) is 1. The molecule has 2 aromatic rings. The molecule has 2 saturated heterocycles. The van der Waals surface area contributed by atoms with Gasteiger partial charge >= 0.3 is 0 Å². The van der Waals surface area contributed by atoms with Gasteiger partial charge in [0.2, 0.25) is 0 Å². The molecule has 2 aliphatic rings. The van der Waals surface area contributed by atoms with Crippen LogP contribution in [0.4, 0.5) is 9.52 Å². The van der Waals surface area contributed by atoms with E-state index in [1.165, 1.54) is 16.9 Å². The Morgan fingerprint density at radius 3 is 2.75 bits per heavy atom. The molecule has 0 saturated carbocycles. The van der Waals surface area contributed by atoms with E-state index in [9.17, 15) is 4.39 Å². The van der Waals surface area contributed by atoms with Gasteiger partial charge in [-0.3, -0.25) is 4.90 Å². The monoisotopic (exact) mass is 347 g/mol. The van der Waals surface area contributed by atoms with Crippen molar-refractivity contribution >= 4 is 16.5 Å². The van der Waals surface area contributed by atoms with Crippen molar-refractivity contribution < 1.29 is 9.13 Å². The van der Waals surface area contributed by atoms with Gasteiger partial charge in [-0.15, -0.1) is 11.3 Å². The highest BCUT2D eigenvalue weighted by Gasteiger charge is 2.26. The van der Waals surface area contributed by atoms with Crippen LogP contribution in [0.15, 0.2) is 30.5 Å². The Morgan fingerprint density at radius 2 is 1.96 bits per heavy atom. The topological polar surface area (TPSA) is 28.6 Å². The average Bonchev–Trinajstić information content (AvgIpc) is 3.27. The number of anilines is 1. The summed E-state index contributed by atoms with van der Waals surface area (Å²) >= 11 is 1.78. The molecule has 0 aliphatic carbocycles. The molecule has 2 aliphatic heterocycles. The van der Waals surface area contributed by atoms with Crippen LogP contribution in [0.3, 0.4) is 0 Å². The van der Waals surface area contributed by atoms with E-state index >= 15 is 0 Å². The Kier molecular flexibility index (Phi) is 4.78. The Morgan fingerprint density at radius 1 is 1.17 bits per heavy atom. The lowest BCUT2D eigenvalue weighted by atomic mass is 10.0. The van der Waals surface area contributed by atoms with Gasteiger partial charge < -0.3 is 9.64 Å². The summed E-state index contributed by atoms with van der Waals surface area (Å²) in [6.45, 7) is 5.43. The lowest BCUT2D eigenvalue weighted by Gasteiger charge is -2.26. The molecule has 4 nitrogen and oxygen atoms in total. The maximum absolute atomic E-state index is 13.2. The summed E-state index contributed by atoms with van der Waals surface area (Å²) in [4.78, 5) is 10.7. The Balaban J connectivity index is 1.44. The van der Waals surface area contributed by atoms with E-state index < -0.39 is 0 Å². The van der Waals surface area contributed by atoms with E-state index in [0.29, 0.717) is 6.04 Å². The summed E-state index contributed by atoms with van der Waals surface area (Å²) in [5, 5.41) is 1.10. The molecule has 24 heavy (non-hydrogen) atoms. The Labute approximate surface area is 145 Å². The van der Waals surface area contributed by atoms with Crippen LogP contribution in [-0.4, -0.2) is 42.7 Å². The van der Waals surface area contributed by atoms with Gasteiger partial charge in [-0.2, -0.15) is 0 Å². The molecule has 1 aromatic carbocycles. The van der Waals surface area contributed by atoms with Gasteiger partial charge in [-0.05, 0) is 37.1 Å². The number of hydrogen-bond acceptors (Lipinski definition) is 5. The second kappa shape index (κ2) is 7.17. The molecule has 0 amide bonds. The predicted octanol–water partition coefficient (Wildman–Crippen LogP) is 3.46. The third kappa shape index (κ3) is 3.45. The zero-order valence-electron chi connectivity index (χ0n) is 13.7. The lowest BCUT2D eigenvalue weighted by Crippen LogP contribution is -2.36. The molecule has 1 atom stereocenters. The minimum atomic E-state index is -0.166. The number of rotatable bonds is 4. The maximum atomic E-state index is 13.2. The van der Waals surface area contributed by atoms with Gasteiger partial charge in [-0.25, -0.2) is 9.37 Å². The molecular weight excluding hydrogens is 325 g/mol. The van der Waals surface area contributed by atoms with Crippen LogP contribution in [0, 0.1) is 5.82 Å². The zero-order chi connectivity index (χ0) is 16.4. The van der Waals surface area contributed by atoms with Gasteiger partial charge in [0.1, 0.15) is 5.82 Å². The molecule has 0 bridgehead atoms. The summed E-state index contributed by atoms with van der Waals surface area (Å²) in [5.41, 5.74) is 1.21. The standard InChI is InChI=1S/C18H22FN3OS/c19-15-5-3-14(4-6-15)17-2-1-7-22(17)13-16-12-20-18(24-16)21-8-10-23-11-9-21/h3-6,12,17H,1-2,7-11,13H2. The van der Waals surface area contributed by atoms with Crippen molar-refractivity contribution in [1.82, 2.24) is 9.88 Å². The molecule has 4 rings (SSSR count). The summed E-state index contributed by atoms with van der Waals surface area (Å²) in [6.07, 6.45) is 4.34. The number of halogens is 1. The minimum Gasteiger partial charge on any atom is -0.378 e. The fourth-order valence-corrected chi connectivity index (χ4v) is 4.54. The number of likely N-dealkylation sites (tertiary alicyclic amines) is 1. The maximum Gasteiger partial charge on any atom is 0.185 e. The third-order valence-electron chi connectivity index (χ3n) is 4.80. The van der Waals surface area contributed by atoms with Gasteiger partial charge in [-0.1, -0.05) is 12.1 Å². The molecule has 2 fully saturated rings. The number of benzene rings is 1. The molecule has 1 aromatic heterocycles. The predicted molar refractivity (Wildman–Crippen MR) is 93.9 cm³/mol. The molecule has 0 N–H and O–H groups in total. The minimum absolute atomic E-state index is 0.166. The average molecular weight is 347 g/mol. The fraction of sp³-hybridized carbons (Fsp3) is 0.500. The Hall–Kier alpha value is -1.50. The highest BCUT2D eigenvalue weighted by atomic mass is 32.1. The summed E-state index contributed by atoms with van der Waals surface area (Å²) < 4.78 is 18.6. The normalized spacial score (nSPS) is 22.2. The van der Waals surface area contributed by atoms with E-state index in [-0.39, 0.29) is 5.82 Å². The van der Waals surface area contributed by atoms with E-state index in [1.54, 1.807) is 23.5 Å². The van der Waals surface area contributed by atoms with E-state index in [1.807, 2.05) is 18.3 Å². The highest BCUT2D eigenvalue weighted by Crippen LogP contribution is 2.34. The second-order valence-electron chi connectivity index (χ2n) is 6.39. The van der Waals surface area contributed by atoms with Crippen molar-refractivity contribution in [3.05, 3.63) is 46.7 Å². The van der Waals surface area contributed by atoms with E-state index in [0.717, 1.165) is 50.9 Å². The second-order valence-corrected chi connectivity index (χ2v) is 7.48. The van der Waals surface area contributed by atoms with Crippen LogP contribution in [0.5, 0.6) is 0 Å². The van der Waals surface area contributed by atoms with E-state index in [2.05, 4.69) is 14.8 Å². The molecule has 128 valence electrons. The third-order valence-corrected chi connectivity index (χ3v) is 5.84. The molecular formula is C18H22FN3OS. The van der Waals surface area contributed by atoms with Gasteiger partial charge in [0.15, 0.2) is 5.13 Å². The first-order chi connectivity index (χ1) is 11.8. The number of aromatic nitrogens is 1. The van der Waals surface area contributed by atoms with Crippen molar-refractivity contribution in [3.8, 4) is 0 Å². The van der Waals surface area contributed by atoms with Crippen LogP contribution >= 0.6 is 11.3 Å². The summed E-state index contributed by atoms with van der Waals surface area (Å²) in [6, 6.07) is 7.36. The largest absolute Gasteiger partial charge is 0.378 e. The first kappa shape index (κ1) is 16.0. The number of thiazole rings is 1. The quantitative estimate of drug-likeness (QED) is 0.847. The van der Waals surface area contributed by atoms with Crippen LogP contribution in [-0.2, 0) is 11.3 Å². The van der Waals surface area contributed by atoms with Crippen molar-refractivity contribution in [2.24, 2.45) is 0 Å². The van der Waals surface area contributed by atoms with E-state index in [4.69, 9.17) is 4.74 Å². The first-order valence-corrected chi connectivity index (χ1v) is 9.38. The van der Waals surface area contributed by atoms with Crippen molar-refractivity contribution in [3.63, 3.8) is 0 Å². The van der Waals surface area contributed by atoms with Crippen LogP contribution in [0.25, 0.3) is 0 Å². The Bertz CT molecular complexity index is 669. The zero-order valence-corrected chi connectivity index (χ0v) is 14.5. The van der Waals surface area contributed by atoms with Gasteiger partial charge in [0.05, 0.1) is 13.2 Å². The molecule has 0 radical (unpaired) electrons. The number of morpholine rings is 1. The first-order valence-electron chi connectivity index (χ1n) is 8.56.